The number of hydrogen-bond acceptors (Lipinski definition) is 5. The zero-order chi connectivity index (χ0) is 28.4. The number of likely N-dealkylation sites (tertiary alicyclic amines) is 1. The van der Waals surface area contributed by atoms with Crippen molar-refractivity contribution in [3.63, 3.8) is 0 Å². The number of rotatable bonds is 7. The van der Waals surface area contributed by atoms with Crippen LogP contribution in [0.4, 0.5) is 17.6 Å². The predicted octanol–water partition coefficient (Wildman–Crippen LogP) is 4.97. The van der Waals surface area contributed by atoms with Crippen LogP contribution in [0.1, 0.15) is 41.5 Å². The van der Waals surface area contributed by atoms with Gasteiger partial charge in [0.05, 0.1) is 0 Å². The van der Waals surface area contributed by atoms with E-state index in [0.29, 0.717) is 48.0 Å². The Labute approximate surface area is 227 Å². The van der Waals surface area contributed by atoms with Crippen LogP contribution in [0, 0.1) is 11.7 Å². The normalized spacial score (nSPS) is 17.9. The lowest BCUT2D eigenvalue weighted by atomic mass is 9.81. The van der Waals surface area contributed by atoms with Crippen molar-refractivity contribution in [2.75, 3.05) is 25.1 Å². The SMILES string of the molecule is NC(=O)c1c(-c2ccc(Oc3ccc(F)cc3)cc2)nc2n1NCCC2C1CCN(C(=O)C(F)=CC(F)F)CC1. The highest BCUT2D eigenvalue weighted by atomic mass is 19.3. The molecular formula is C28H27F4N5O3. The van der Waals surface area contributed by atoms with Gasteiger partial charge in [-0.1, -0.05) is 0 Å². The van der Waals surface area contributed by atoms with Gasteiger partial charge in [0.2, 0.25) is 0 Å². The zero-order valence-electron chi connectivity index (χ0n) is 21.3. The number of nitrogens with two attached hydrogens (primary N) is 1. The number of carbonyl (C=O) groups excluding carboxylic acids is 2. The molecule has 12 heteroatoms. The Hall–Kier alpha value is -4.35. The largest absolute Gasteiger partial charge is 0.457 e. The maximum absolute atomic E-state index is 13.8. The van der Waals surface area contributed by atoms with Gasteiger partial charge < -0.3 is 20.8 Å². The molecular weight excluding hydrogens is 530 g/mol. The molecule has 40 heavy (non-hydrogen) atoms. The minimum atomic E-state index is -3.04. The summed E-state index contributed by atoms with van der Waals surface area (Å²) in [4.78, 5) is 30.8. The lowest BCUT2D eigenvalue weighted by Crippen LogP contribution is -2.42. The number of amides is 2. The van der Waals surface area contributed by atoms with Crippen LogP contribution in [0.2, 0.25) is 0 Å². The summed E-state index contributed by atoms with van der Waals surface area (Å²) in [5, 5.41) is 0. The number of fused-ring (bicyclic) bond motifs is 1. The van der Waals surface area contributed by atoms with Crippen molar-refractivity contribution in [3.05, 3.63) is 77.8 Å². The molecule has 8 nitrogen and oxygen atoms in total. The van der Waals surface area contributed by atoms with Gasteiger partial charge in [-0.25, -0.2) is 27.2 Å². The van der Waals surface area contributed by atoms with E-state index in [0.717, 1.165) is 6.42 Å². The van der Waals surface area contributed by atoms with Gasteiger partial charge in [0.1, 0.15) is 28.8 Å². The van der Waals surface area contributed by atoms with Crippen LogP contribution in [0.15, 0.2) is 60.4 Å². The first-order valence-electron chi connectivity index (χ1n) is 12.9. The van der Waals surface area contributed by atoms with Gasteiger partial charge in [0, 0.05) is 37.2 Å². The summed E-state index contributed by atoms with van der Waals surface area (Å²) in [5.41, 5.74) is 10.2. The number of allylic oxidation sites excluding steroid dienone is 1. The van der Waals surface area contributed by atoms with E-state index in [-0.39, 0.29) is 42.5 Å². The topological polar surface area (TPSA) is 102 Å². The van der Waals surface area contributed by atoms with E-state index in [1.807, 2.05) is 0 Å². The molecule has 0 saturated carbocycles. The highest BCUT2D eigenvalue weighted by Crippen LogP contribution is 2.39. The van der Waals surface area contributed by atoms with Crippen molar-refractivity contribution in [1.29, 1.82) is 0 Å². The third kappa shape index (κ3) is 5.65. The second-order valence-corrected chi connectivity index (χ2v) is 9.73. The number of imidazole rings is 1. The summed E-state index contributed by atoms with van der Waals surface area (Å²) in [6.45, 7) is 1.01. The smallest absolute Gasteiger partial charge is 0.282 e. The number of halogens is 4. The van der Waals surface area contributed by atoms with Crippen molar-refractivity contribution in [2.45, 2.75) is 31.6 Å². The van der Waals surface area contributed by atoms with Crippen molar-refractivity contribution in [1.82, 2.24) is 14.6 Å². The molecule has 0 spiro atoms. The van der Waals surface area contributed by atoms with E-state index in [1.54, 1.807) is 28.9 Å². The van der Waals surface area contributed by atoms with Gasteiger partial charge in [0.15, 0.2) is 11.5 Å². The molecule has 2 amide bonds. The maximum Gasteiger partial charge on any atom is 0.282 e. The summed E-state index contributed by atoms with van der Waals surface area (Å²) in [5.74, 6) is -1.87. The van der Waals surface area contributed by atoms with Crippen LogP contribution in [0.5, 0.6) is 11.5 Å². The van der Waals surface area contributed by atoms with E-state index < -0.39 is 24.1 Å². The van der Waals surface area contributed by atoms with Crippen molar-refractivity contribution >= 4 is 11.8 Å². The number of nitrogens with zero attached hydrogens (tertiary/aromatic N) is 3. The summed E-state index contributed by atoms with van der Waals surface area (Å²) in [6.07, 6.45) is -1.24. The van der Waals surface area contributed by atoms with Gasteiger partial charge in [-0.05, 0) is 73.7 Å². The highest BCUT2D eigenvalue weighted by Gasteiger charge is 2.37. The summed E-state index contributed by atoms with van der Waals surface area (Å²) >= 11 is 0. The highest BCUT2D eigenvalue weighted by molar-refractivity contribution is 5.97. The Balaban J connectivity index is 1.35. The number of aromatic nitrogens is 2. The van der Waals surface area contributed by atoms with E-state index in [1.165, 1.54) is 29.2 Å². The number of carbonyl (C=O) groups is 2. The standard InChI is InChI=1S/C28H27F4N5O3/c29-18-3-7-20(8-4-18)40-19-5-1-17(2-6-19)24-25(26(33)38)37-27(35-24)21(9-12-34-37)16-10-13-36(14-11-16)28(39)22(30)15-23(31)32/h1-8,15-16,21,23,34H,9-14H2,(H2,33,38). The van der Waals surface area contributed by atoms with Crippen LogP contribution in [0.3, 0.4) is 0 Å². The molecule has 0 aliphatic carbocycles. The quantitative estimate of drug-likeness (QED) is 0.316. The lowest BCUT2D eigenvalue weighted by Gasteiger charge is -2.37. The van der Waals surface area contributed by atoms with Crippen molar-refractivity contribution in [2.24, 2.45) is 11.7 Å². The number of hydrogen-bond donors (Lipinski definition) is 2. The first-order chi connectivity index (χ1) is 19.2. The number of primary amides is 1. The Morgan fingerprint density at radius 3 is 2.25 bits per heavy atom. The molecule has 3 N–H and O–H groups in total. The Bertz CT molecular complexity index is 1410. The molecule has 1 saturated heterocycles. The molecule has 1 aromatic heterocycles. The molecule has 1 unspecified atom stereocenters. The number of ether oxygens (including phenoxy) is 1. The first kappa shape index (κ1) is 27.2. The molecule has 2 aliphatic heterocycles. The molecule has 1 atom stereocenters. The molecule has 1 fully saturated rings. The average molecular weight is 558 g/mol. The summed E-state index contributed by atoms with van der Waals surface area (Å²) in [6, 6.07) is 12.5. The van der Waals surface area contributed by atoms with Gasteiger partial charge >= 0.3 is 0 Å². The third-order valence-corrected chi connectivity index (χ3v) is 7.24. The molecule has 0 radical (unpaired) electrons. The van der Waals surface area contributed by atoms with Gasteiger partial charge in [-0.2, -0.15) is 0 Å². The second-order valence-electron chi connectivity index (χ2n) is 9.73. The van der Waals surface area contributed by atoms with Crippen LogP contribution in [-0.2, 0) is 4.79 Å². The van der Waals surface area contributed by atoms with Crippen LogP contribution < -0.4 is 15.9 Å². The predicted molar refractivity (Wildman–Crippen MR) is 139 cm³/mol. The van der Waals surface area contributed by atoms with Gasteiger partial charge in [-0.15, -0.1) is 0 Å². The zero-order valence-corrected chi connectivity index (χ0v) is 21.3. The molecule has 0 bridgehead atoms. The van der Waals surface area contributed by atoms with E-state index in [4.69, 9.17) is 15.5 Å². The van der Waals surface area contributed by atoms with Crippen LogP contribution in [0.25, 0.3) is 11.3 Å². The van der Waals surface area contributed by atoms with Gasteiger partial charge in [-0.3, -0.25) is 9.59 Å². The first-order valence-corrected chi connectivity index (χ1v) is 12.9. The molecule has 2 aromatic carbocycles. The fourth-order valence-electron chi connectivity index (χ4n) is 5.34. The number of piperidine rings is 1. The fraction of sp³-hybridized carbons (Fsp3) is 0.321. The third-order valence-electron chi connectivity index (χ3n) is 7.24. The Morgan fingerprint density at radius 1 is 1.02 bits per heavy atom. The van der Waals surface area contributed by atoms with Crippen LogP contribution in [-0.4, -0.2) is 52.4 Å². The van der Waals surface area contributed by atoms with Crippen molar-refractivity contribution in [3.8, 4) is 22.8 Å². The molecule has 2 aliphatic rings. The molecule has 210 valence electrons. The average Bonchev–Trinajstić information content (AvgIpc) is 3.34. The lowest BCUT2D eigenvalue weighted by molar-refractivity contribution is -0.130. The summed E-state index contributed by atoms with van der Waals surface area (Å²) < 4.78 is 59.2. The monoisotopic (exact) mass is 557 g/mol. The Kier molecular flexibility index (Phi) is 7.76. The fourth-order valence-corrected chi connectivity index (χ4v) is 5.34. The van der Waals surface area contributed by atoms with E-state index in [9.17, 15) is 27.2 Å². The summed E-state index contributed by atoms with van der Waals surface area (Å²) in [7, 11) is 0. The number of benzene rings is 2. The number of alkyl halides is 2. The minimum Gasteiger partial charge on any atom is -0.457 e. The molecule has 3 heterocycles. The Morgan fingerprint density at radius 2 is 1.65 bits per heavy atom. The van der Waals surface area contributed by atoms with Gasteiger partial charge in [0.25, 0.3) is 18.2 Å². The van der Waals surface area contributed by atoms with E-state index in [2.05, 4.69) is 5.43 Å². The second kappa shape index (κ2) is 11.4. The minimum absolute atomic E-state index is 0.0202. The number of nitrogens with one attached hydrogen (secondary N) is 1. The molecule has 3 aromatic rings. The molecule has 5 rings (SSSR count). The van der Waals surface area contributed by atoms with Crippen LogP contribution >= 0.6 is 0 Å². The van der Waals surface area contributed by atoms with E-state index >= 15 is 0 Å². The maximum atomic E-state index is 13.8. The van der Waals surface area contributed by atoms with Crippen molar-refractivity contribution < 1.29 is 31.9 Å².